The van der Waals surface area contributed by atoms with Crippen LogP contribution in [0, 0.1) is 10.1 Å². The van der Waals surface area contributed by atoms with Gasteiger partial charge < -0.3 is 4.74 Å². The molecule has 1 atom stereocenters. The number of nitro groups is 1. The van der Waals surface area contributed by atoms with Crippen LogP contribution in [0.4, 0.5) is 5.69 Å². The molecule has 0 aliphatic carbocycles. The molecule has 1 heterocycles. The van der Waals surface area contributed by atoms with Gasteiger partial charge in [-0.1, -0.05) is 0 Å². The number of nitrogens with one attached hydrogen (secondary N) is 1. The maximum absolute atomic E-state index is 11.8. The van der Waals surface area contributed by atoms with E-state index in [0.29, 0.717) is 18.1 Å². The van der Waals surface area contributed by atoms with Crippen LogP contribution in [0.15, 0.2) is 29.2 Å². The molecule has 1 saturated heterocycles. The van der Waals surface area contributed by atoms with Crippen molar-refractivity contribution in [2.24, 2.45) is 0 Å². The van der Waals surface area contributed by atoms with Gasteiger partial charge >= 0.3 is 0 Å². The Morgan fingerprint density at radius 3 is 2.53 bits per heavy atom. The quantitative estimate of drug-likeness (QED) is 0.651. The first-order valence-corrected chi connectivity index (χ1v) is 6.97. The highest BCUT2D eigenvalue weighted by Gasteiger charge is 2.16. The Morgan fingerprint density at radius 1 is 1.32 bits per heavy atom. The maximum atomic E-state index is 11.8. The molecule has 8 heteroatoms. The monoisotopic (exact) mass is 286 g/mol. The smallest absolute Gasteiger partial charge is 0.269 e. The molecule has 0 spiro atoms. The first kappa shape index (κ1) is 14.1. The van der Waals surface area contributed by atoms with Crippen molar-refractivity contribution in [3.05, 3.63) is 34.4 Å². The van der Waals surface area contributed by atoms with E-state index in [9.17, 15) is 14.3 Å². The molecule has 1 N–H and O–H groups in total. The van der Waals surface area contributed by atoms with E-state index < -0.39 is 15.9 Å². The van der Waals surface area contributed by atoms with Gasteiger partial charge in [0.2, 0.25) is 0 Å². The molecule has 1 aromatic carbocycles. The predicted molar refractivity (Wildman–Crippen MR) is 67.6 cm³/mol. The molecule has 19 heavy (non-hydrogen) atoms. The molecule has 1 aliphatic heterocycles. The van der Waals surface area contributed by atoms with Crippen LogP contribution < -0.4 is 4.89 Å². The van der Waals surface area contributed by atoms with Crippen molar-refractivity contribution < 1.29 is 18.7 Å². The summed E-state index contributed by atoms with van der Waals surface area (Å²) < 4.78 is 17.0. The SMILES string of the molecule is O=[N+]([O-])c1ccc(S(=O)NOC2CCOCC2)cc1. The Balaban J connectivity index is 1.86. The first-order valence-electron chi connectivity index (χ1n) is 5.82. The Bertz CT molecular complexity index is 459. The molecule has 7 nitrogen and oxygen atoms in total. The zero-order valence-corrected chi connectivity index (χ0v) is 10.9. The van der Waals surface area contributed by atoms with Crippen LogP contribution in [0.2, 0.25) is 0 Å². The van der Waals surface area contributed by atoms with Gasteiger partial charge in [0.1, 0.15) is 11.0 Å². The summed E-state index contributed by atoms with van der Waals surface area (Å²) in [4.78, 5) is 18.2. The molecular weight excluding hydrogens is 272 g/mol. The minimum absolute atomic E-state index is 0.0178. The number of nitrogens with zero attached hydrogens (tertiary/aromatic N) is 1. The number of benzene rings is 1. The Morgan fingerprint density at radius 2 is 1.95 bits per heavy atom. The molecule has 1 fully saturated rings. The molecule has 0 radical (unpaired) electrons. The summed E-state index contributed by atoms with van der Waals surface area (Å²) in [7, 11) is -1.54. The van der Waals surface area contributed by atoms with Crippen molar-refractivity contribution in [2.45, 2.75) is 23.8 Å². The average Bonchev–Trinajstić information content (AvgIpc) is 2.46. The summed E-state index contributed by atoms with van der Waals surface area (Å²) in [5.74, 6) is 0. The zero-order chi connectivity index (χ0) is 13.7. The third-order valence-corrected chi connectivity index (χ3v) is 3.67. The van der Waals surface area contributed by atoms with E-state index in [-0.39, 0.29) is 11.8 Å². The fourth-order valence-corrected chi connectivity index (χ4v) is 2.35. The van der Waals surface area contributed by atoms with Crippen LogP contribution >= 0.6 is 0 Å². The van der Waals surface area contributed by atoms with E-state index in [2.05, 4.69) is 4.89 Å². The highest BCUT2D eigenvalue weighted by Crippen LogP contribution is 2.14. The topological polar surface area (TPSA) is 90.7 Å². The van der Waals surface area contributed by atoms with E-state index in [1.165, 1.54) is 24.3 Å². The molecule has 104 valence electrons. The molecular formula is C11H14N2O5S. The third-order valence-electron chi connectivity index (χ3n) is 2.72. The standard InChI is InChI=1S/C11H14N2O5S/c14-13(15)9-1-3-11(4-2-9)19(16)12-18-10-5-7-17-8-6-10/h1-4,10,12H,5-8H2. The molecule has 0 saturated carbocycles. The zero-order valence-electron chi connectivity index (χ0n) is 10.1. The van der Waals surface area contributed by atoms with E-state index in [0.717, 1.165) is 12.8 Å². The lowest BCUT2D eigenvalue weighted by Gasteiger charge is -2.21. The lowest BCUT2D eigenvalue weighted by Crippen LogP contribution is -2.30. The van der Waals surface area contributed by atoms with Crippen molar-refractivity contribution >= 4 is 16.7 Å². The van der Waals surface area contributed by atoms with Crippen molar-refractivity contribution in [1.29, 1.82) is 0 Å². The summed E-state index contributed by atoms with van der Waals surface area (Å²) in [5, 5.41) is 10.5. The Labute approximate surface area is 112 Å². The van der Waals surface area contributed by atoms with Gasteiger partial charge in [0, 0.05) is 25.3 Å². The number of rotatable bonds is 5. The molecule has 1 unspecified atom stereocenters. The summed E-state index contributed by atoms with van der Waals surface area (Å²) >= 11 is 0. The maximum Gasteiger partial charge on any atom is 0.269 e. The fraction of sp³-hybridized carbons (Fsp3) is 0.455. The minimum atomic E-state index is -1.54. The van der Waals surface area contributed by atoms with Gasteiger partial charge in [-0.3, -0.25) is 15.0 Å². The molecule has 0 amide bonds. The lowest BCUT2D eigenvalue weighted by atomic mass is 10.2. The molecule has 0 bridgehead atoms. The van der Waals surface area contributed by atoms with Crippen molar-refractivity contribution in [2.75, 3.05) is 13.2 Å². The largest absolute Gasteiger partial charge is 0.381 e. The van der Waals surface area contributed by atoms with E-state index >= 15 is 0 Å². The number of hydrogen-bond donors (Lipinski definition) is 1. The van der Waals surface area contributed by atoms with Crippen LogP contribution in [-0.4, -0.2) is 28.4 Å². The summed E-state index contributed by atoms with van der Waals surface area (Å²) in [6.45, 7) is 1.27. The van der Waals surface area contributed by atoms with Crippen molar-refractivity contribution in [3.63, 3.8) is 0 Å². The van der Waals surface area contributed by atoms with E-state index in [1.807, 2.05) is 0 Å². The Kier molecular flexibility index (Phi) is 4.97. The van der Waals surface area contributed by atoms with Crippen LogP contribution in [0.1, 0.15) is 12.8 Å². The van der Waals surface area contributed by atoms with Crippen molar-refractivity contribution in [1.82, 2.24) is 4.89 Å². The summed E-state index contributed by atoms with van der Waals surface area (Å²) in [6.07, 6.45) is 1.49. The normalized spacial score (nSPS) is 18.1. The van der Waals surface area contributed by atoms with Gasteiger partial charge in [-0.25, -0.2) is 4.21 Å². The van der Waals surface area contributed by atoms with Gasteiger partial charge in [0.15, 0.2) is 0 Å². The third kappa shape index (κ3) is 4.06. The number of hydrogen-bond acceptors (Lipinski definition) is 5. The summed E-state index contributed by atoms with van der Waals surface area (Å²) in [5.41, 5.74) is -0.0360. The van der Waals surface area contributed by atoms with Gasteiger partial charge in [0.05, 0.1) is 15.9 Å². The van der Waals surface area contributed by atoms with E-state index in [1.54, 1.807) is 0 Å². The first-order chi connectivity index (χ1) is 9.16. The van der Waals surface area contributed by atoms with Crippen molar-refractivity contribution in [3.8, 4) is 0 Å². The van der Waals surface area contributed by atoms with Crippen LogP contribution in [-0.2, 0) is 20.6 Å². The predicted octanol–water partition coefficient (Wildman–Crippen LogP) is 1.32. The molecule has 1 aromatic rings. The second-order valence-electron chi connectivity index (χ2n) is 4.03. The van der Waals surface area contributed by atoms with Gasteiger partial charge in [-0.15, -0.1) is 4.89 Å². The average molecular weight is 286 g/mol. The fourth-order valence-electron chi connectivity index (χ4n) is 1.65. The van der Waals surface area contributed by atoms with Gasteiger partial charge in [-0.05, 0) is 25.0 Å². The Hall–Kier alpha value is -1.35. The highest BCUT2D eigenvalue weighted by atomic mass is 32.2. The van der Waals surface area contributed by atoms with E-state index in [4.69, 9.17) is 9.57 Å². The number of non-ortho nitro benzene ring substituents is 1. The number of nitro benzene ring substituents is 1. The van der Waals surface area contributed by atoms with Gasteiger partial charge in [0.25, 0.3) is 5.69 Å². The lowest BCUT2D eigenvalue weighted by molar-refractivity contribution is -0.384. The molecule has 1 aliphatic rings. The molecule has 0 aromatic heterocycles. The van der Waals surface area contributed by atoms with Crippen LogP contribution in [0.5, 0.6) is 0 Å². The minimum Gasteiger partial charge on any atom is -0.381 e. The molecule has 2 rings (SSSR count). The summed E-state index contributed by atoms with van der Waals surface area (Å²) in [6, 6.07) is 5.50. The number of ether oxygens (including phenoxy) is 1. The van der Waals surface area contributed by atoms with Crippen LogP contribution in [0.3, 0.4) is 0 Å². The second-order valence-corrected chi connectivity index (χ2v) is 5.21. The van der Waals surface area contributed by atoms with Gasteiger partial charge in [-0.2, -0.15) is 0 Å². The second kappa shape index (κ2) is 6.71. The van der Waals surface area contributed by atoms with Crippen LogP contribution in [0.25, 0.3) is 0 Å². The highest BCUT2D eigenvalue weighted by molar-refractivity contribution is 7.82.